The molecule has 10 heteroatoms. The van der Waals surface area contributed by atoms with Crippen LogP contribution in [-0.2, 0) is 32.7 Å². The summed E-state index contributed by atoms with van der Waals surface area (Å²) in [6.07, 6.45) is 47.8. The number of rotatable bonds is 45. The second-order valence-electron chi connectivity index (χ2n) is 16.0. The highest BCUT2D eigenvalue weighted by atomic mass is 31.2. The Morgan fingerprint density at radius 1 is 0.509 bits per heavy atom. The lowest BCUT2D eigenvalue weighted by Gasteiger charge is -2.19. The van der Waals surface area contributed by atoms with Gasteiger partial charge in [0.25, 0.3) is 0 Å². The van der Waals surface area contributed by atoms with Gasteiger partial charge in [-0.1, -0.05) is 179 Å². The first-order chi connectivity index (χ1) is 27.8. The number of hydrogen-bond acceptors (Lipinski definition) is 8. The van der Waals surface area contributed by atoms with Crippen molar-refractivity contribution in [2.45, 2.75) is 238 Å². The van der Waals surface area contributed by atoms with Crippen LogP contribution in [0.5, 0.6) is 0 Å². The third-order valence-electron chi connectivity index (χ3n) is 10.3. The lowest BCUT2D eigenvalue weighted by molar-refractivity contribution is -0.161. The molecule has 0 heterocycles. The van der Waals surface area contributed by atoms with Gasteiger partial charge in [-0.05, 0) is 64.2 Å². The largest absolute Gasteiger partial charge is 0.472 e. The van der Waals surface area contributed by atoms with E-state index in [2.05, 4.69) is 38.2 Å². The molecule has 0 saturated heterocycles. The highest BCUT2D eigenvalue weighted by molar-refractivity contribution is 7.47. The third kappa shape index (κ3) is 43.9. The summed E-state index contributed by atoms with van der Waals surface area (Å²) in [4.78, 5) is 34.9. The number of ether oxygens (including phenoxy) is 2. The maximum Gasteiger partial charge on any atom is 0.472 e. The summed E-state index contributed by atoms with van der Waals surface area (Å²) in [6.45, 7) is 3.74. The zero-order chi connectivity index (χ0) is 41.8. The Kier molecular flexibility index (Phi) is 42.9. The van der Waals surface area contributed by atoms with Crippen LogP contribution in [0.15, 0.2) is 24.3 Å². The summed E-state index contributed by atoms with van der Waals surface area (Å²) >= 11 is 0. The Balaban J connectivity index is 4.06. The van der Waals surface area contributed by atoms with Gasteiger partial charge in [-0.15, -0.1) is 0 Å². The van der Waals surface area contributed by atoms with Crippen molar-refractivity contribution >= 4 is 19.8 Å². The SMILES string of the molecule is CCCCCCC=CCCCCCCCCCC(=O)OC[C@H](COP(=O)(O)OCCN)OC(=O)CCCCCCCCCCCCCC=CCCCCCCCC. The van der Waals surface area contributed by atoms with Gasteiger partial charge >= 0.3 is 19.8 Å². The lowest BCUT2D eigenvalue weighted by atomic mass is 10.0. The molecule has 2 atom stereocenters. The smallest absolute Gasteiger partial charge is 0.462 e. The Morgan fingerprint density at radius 2 is 0.860 bits per heavy atom. The predicted molar refractivity (Wildman–Crippen MR) is 238 cm³/mol. The number of esters is 2. The van der Waals surface area contributed by atoms with E-state index in [4.69, 9.17) is 24.3 Å². The second kappa shape index (κ2) is 44.1. The Hall–Kier alpha value is -1.51. The summed E-state index contributed by atoms with van der Waals surface area (Å²) in [5.41, 5.74) is 5.36. The zero-order valence-electron chi connectivity index (χ0n) is 37.1. The van der Waals surface area contributed by atoms with E-state index >= 15 is 0 Å². The lowest BCUT2D eigenvalue weighted by Crippen LogP contribution is -2.29. The fraction of sp³-hybridized carbons (Fsp3) is 0.872. The first-order valence-electron chi connectivity index (χ1n) is 23.8. The fourth-order valence-corrected chi connectivity index (χ4v) is 7.51. The van der Waals surface area contributed by atoms with Crippen LogP contribution in [0.2, 0.25) is 0 Å². The van der Waals surface area contributed by atoms with E-state index in [0.717, 1.165) is 51.4 Å². The number of nitrogens with two attached hydrogens (primary N) is 1. The maximum atomic E-state index is 12.6. The van der Waals surface area contributed by atoms with Gasteiger partial charge in [0.05, 0.1) is 13.2 Å². The average Bonchev–Trinajstić information content (AvgIpc) is 3.20. The molecule has 0 spiro atoms. The van der Waals surface area contributed by atoms with Gasteiger partial charge in [0.1, 0.15) is 6.61 Å². The third-order valence-corrected chi connectivity index (χ3v) is 11.3. The quantitative estimate of drug-likeness (QED) is 0.0266. The molecule has 0 aliphatic heterocycles. The molecule has 1 unspecified atom stereocenters. The minimum Gasteiger partial charge on any atom is -0.462 e. The molecule has 0 aromatic heterocycles. The topological polar surface area (TPSA) is 134 Å². The van der Waals surface area contributed by atoms with Crippen LogP contribution < -0.4 is 5.73 Å². The summed E-state index contributed by atoms with van der Waals surface area (Å²) in [6, 6.07) is 0. The van der Waals surface area contributed by atoms with Crippen molar-refractivity contribution < 1.29 is 37.6 Å². The van der Waals surface area contributed by atoms with Gasteiger partial charge in [0.15, 0.2) is 6.10 Å². The van der Waals surface area contributed by atoms with Crippen LogP contribution in [-0.4, -0.2) is 49.3 Å². The van der Waals surface area contributed by atoms with Gasteiger partial charge < -0.3 is 20.1 Å². The molecule has 0 aliphatic rings. The zero-order valence-corrected chi connectivity index (χ0v) is 38.0. The minimum absolute atomic E-state index is 0.0541. The summed E-state index contributed by atoms with van der Waals surface area (Å²) in [5, 5.41) is 0. The fourth-order valence-electron chi connectivity index (χ4n) is 6.74. The molecule has 0 bridgehead atoms. The number of carbonyl (C=O) groups is 2. The average molecular weight is 828 g/mol. The van der Waals surface area contributed by atoms with Crippen molar-refractivity contribution in [3.63, 3.8) is 0 Å². The van der Waals surface area contributed by atoms with Gasteiger partial charge in [-0.25, -0.2) is 4.57 Å². The van der Waals surface area contributed by atoms with Crippen LogP contribution in [0.1, 0.15) is 232 Å². The molecular formula is C47H90NO8P. The summed E-state index contributed by atoms with van der Waals surface area (Å²) in [5.74, 6) is -0.826. The van der Waals surface area contributed by atoms with Crippen molar-refractivity contribution in [1.82, 2.24) is 0 Å². The molecule has 0 aliphatic carbocycles. The minimum atomic E-state index is -4.38. The molecule has 3 N–H and O–H groups in total. The second-order valence-corrected chi connectivity index (χ2v) is 17.4. The predicted octanol–water partition coefficient (Wildman–Crippen LogP) is 13.9. The Morgan fingerprint density at radius 3 is 1.26 bits per heavy atom. The van der Waals surface area contributed by atoms with Crippen LogP contribution in [0.3, 0.4) is 0 Å². The Bertz CT molecular complexity index is 990. The van der Waals surface area contributed by atoms with Crippen LogP contribution in [0, 0.1) is 0 Å². The van der Waals surface area contributed by atoms with E-state index in [9.17, 15) is 19.0 Å². The molecule has 0 rings (SSSR count). The molecule has 57 heavy (non-hydrogen) atoms. The van der Waals surface area contributed by atoms with Gasteiger partial charge in [0.2, 0.25) is 0 Å². The van der Waals surface area contributed by atoms with E-state index in [0.29, 0.717) is 6.42 Å². The molecule has 0 radical (unpaired) electrons. The number of carbonyl (C=O) groups excluding carboxylic acids is 2. The molecule has 0 aromatic rings. The van der Waals surface area contributed by atoms with Crippen LogP contribution in [0.25, 0.3) is 0 Å². The monoisotopic (exact) mass is 828 g/mol. The Labute approximate surface area is 351 Å². The highest BCUT2D eigenvalue weighted by Crippen LogP contribution is 2.43. The van der Waals surface area contributed by atoms with Crippen molar-refractivity contribution in [2.75, 3.05) is 26.4 Å². The van der Waals surface area contributed by atoms with Crippen molar-refractivity contribution in [1.29, 1.82) is 0 Å². The number of phosphoric ester groups is 1. The van der Waals surface area contributed by atoms with Crippen LogP contribution >= 0.6 is 7.82 Å². The summed E-state index contributed by atoms with van der Waals surface area (Å²) in [7, 11) is -4.38. The first-order valence-corrected chi connectivity index (χ1v) is 25.3. The molecule has 336 valence electrons. The van der Waals surface area contributed by atoms with E-state index in [1.54, 1.807) is 0 Å². The maximum absolute atomic E-state index is 12.6. The van der Waals surface area contributed by atoms with E-state index in [1.165, 1.54) is 148 Å². The van der Waals surface area contributed by atoms with Crippen molar-refractivity contribution in [3.05, 3.63) is 24.3 Å². The molecule has 0 fully saturated rings. The number of phosphoric acid groups is 1. The molecule has 0 aromatic carbocycles. The van der Waals surface area contributed by atoms with Gasteiger partial charge in [-0.2, -0.15) is 0 Å². The molecule has 9 nitrogen and oxygen atoms in total. The molecule has 0 amide bonds. The summed E-state index contributed by atoms with van der Waals surface area (Å²) < 4.78 is 32.9. The molecular weight excluding hydrogens is 737 g/mol. The number of unbranched alkanes of at least 4 members (excludes halogenated alkanes) is 28. The van der Waals surface area contributed by atoms with E-state index in [1.807, 2.05) is 0 Å². The van der Waals surface area contributed by atoms with Gasteiger partial charge in [-0.3, -0.25) is 18.6 Å². The molecule has 0 saturated carbocycles. The normalized spacial score (nSPS) is 13.4. The standard InChI is InChI=1S/C47H90NO8P/c1-3-5-7-9-11-13-15-17-19-20-21-22-23-24-26-28-30-32-34-36-38-40-47(50)56-45(44-55-57(51,52)54-42-41-48)43-53-46(49)39-37-35-33-31-29-27-25-18-16-14-12-10-8-6-4-2/h14,16-17,19,45H,3-13,15,18,20-44,48H2,1-2H3,(H,51,52)/t45-/m1/s1. The van der Waals surface area contributed by atoms with Crippen LogP contribution in [0.4, 0.5) is 0 Å². The van der Waals surface area contributed by atoms with Gasteiger partial charge in [0, 0.05) is 19.4 Å². The van der Waals surface area contributed by atoms with Crippen molar-refractivity contribution in [3.8, 4) is 0 Å². The highest BCUT2D eigenvalue weighted by Gasteiger charge is 2.26. The number of hydrogen-bond donors (Lipinski definition) is 2. The van der Waals surface area contributed by atoms with E-state index in [-0.39, 0.29) is 38.6 Å². The number of allylic oxidation sites excluding steroid dienone is 4. The van der Waals surface area contributed by atoms with E-state index < -0.39 is 26.5 Å². The first kappa shape index (κ1) is 55.5. The van der Waals surface area contributed by atoms with Crippen molar-refractivity contribution in [2.24, 2.45) is 5.73 Å².